The minimum Gasteiger partial charge on any atom is -0.492 e. The van der Waals surface area contributed by atoms with Gasteiger partial charge in [-0.1, -0.05) is 0 Å². The summed E-state index contributed by atoms with van der Waals surface area (Å²) in [4.78, 5) is 12.1. The normalized spacial score (nSPS) is 10.9. The van der Waals surface area contributed by atoms with E-state index in [9.17, 15) is 13.6 Å². The number of halogens is 2. The molecule has 6 nitrogen and oxygen atoms in total. The fourth-order valence-electron chi connectivity index (χ4n) is 2.32. The van der Waals surface area contributed by atoms with Gasteiger partial charge in [0.1, 0.15) is 12.4 Å². The molecular weight excluding hydrogens is 318 g/mol. The third-order valence-corrected chi connectivity index (χ3v) is 3.52. The number of anilines is 1. The Hall–Kier alpha value is -2.48. The van der Waals surface area contributed by atoms with Crippen LogP contribution < -0.4 is 15.8 Å². The van der Waals surface area contributed by atoms with Gasteiger partial charge < -0.3 is 15.8 Å². The molecule has 0 aliphatic carbocycles. The van der Waals surface area contributed by atoms with Gasteiger partial charge in [0.2, 0.25) is 5.91 Å². The average molecular weight is 338 g/mol. The first-order chi connectivity index (χ1) is 11.4. The molecule has 0 spiro atoms. The fourth-order valence-corrected chi connectivity index (χ4v) is 2.32. The Labute approximate surface area is 138 Å². The number of nitrogens with one attached hydrogen (secondary N) is 1. The van der Waals surface area contributed by atoms with Crippen molar-refractivity contribution in [2.24, 2.45) is 5.73 Å². The molecule has 1 aromatic heterocycles. The number of alkyl halides is 2. The number of aryl methyl sites for hydroxylation is 1. The second kappa shape index (κ2) is 7.87. The number of hydrogen-bond donors (Lipinski definition) is 2. The van der Waals surface area contributed by atoms with E-state index in [0.29, 0.717) is 46.2 Å². The van der Waals surface area contributed by atoms with Crippen LogP contribution in [0.15, 0.2) is 24.3 Å². The van der Waals surface area contributed by atoms with Crippen LogP contribution in [-0.4, -0.2) is 28.8 Å². The lowest BCUT2D eigenvalue weighted by Crippen LogP contribution is -2.15. The summed E-state index contributed by atoms with van der Waals surface area (Å²) in [5.41, 5.74) is 7.18. The van der Waals surface area contributed by atoms with Crippen LogP contribution in [0.3, 0.4) is 0 Å². The van der Waals surface area contributed by atoms with Crippen LogP contribution in [0.5, 0.6) is 5.75 Å². The molecule has 24 heavy (non-hydrogen) atoms. The predicted molar refractivity (Wildman–Crippen MR) is 86.3 cm³/mol. The minimum atomic E-state index is -2.72. The maximum Gasteiger partial charge on any atom is 0.333 e. The van der Waals surface area contributed by atoms with Crippen LogP contribution in [0.1, 0.15) is 23.5 Å². The summed E-state index contributed by atoms with van der Waals surface area (Å²) in [6, 6.07) is 6.84. The highest BCUT2D eigenvalue weighted by molar-refractivity contribution is 5.92. The van der Waals surface area contributed by atoms with Gasteiger partial charge >= 0.3 is 6.55 Å². The van der Waals surface area contributed by atoms with Crippen molar-refractivity contribution in [1.82, 2.24) is 9.78 Å². The molecule has 2 rings (SSSR count). The molecule has 8 heteroatoms. The monoisotopic (exact) mass is 338 g/mol. The van der Waals surface area contributed by atoms with Gasteiger partial charge in [-0.3, -0.25) is 4.79 Å². The van der Waals surface area contributed by atoms with E-state index in [1.165, 1.54) is 6.92 Å². The molecule has 1 heterocycles. The molecule has 1 amide bonds. The van der Waals surface area contributed by atoms with Crippen molar-refractivity contribution < 1.29 is 18.3 Å². The molecule has 0 radical (unpaired) electrons. The highest BCUT2D eigenvalue weighted by atomic mass is 19.3. The van der Waals surface area contributed by atoms with Crippen LogP contribution in [0.25, 0.3) is 0 Å². The van der Waals surface area contributed by atoms with Gasteiger partial charge in [-0.2, -0.15) is 13.9 Å². The van der Waals surface area contributed by atoms with Crippen molar-refractivity contribution >= 4 is 11.6 Å². The molecule has 0 aliphatic rings. The lowest BCUT2D eigenvalue weighted by Gasteiger charge is -2.08. The smallest absolute Gasteiger partial charge is 0.333 e. The zero-order valence-electron chi connectivity index (χ0n) is 13.6. The summed E-state index contributed by atoms with van der Waals surface area (Å²) in [7, 11) is 0. The first-order valence-corrected chi connectivity index (χ1v) is 7.48. The largest absolute Gasteiger partial charge is 0.492 e. The third kappa shape index (κ3) is 4.29. The van der Waals surface area contributed by atoms with Crippen molar-refractivity contribution in [3.05, 3.63) is 41.2 Å². The Morgan fingerprint density at radius 1 is 1.33 bits per heavy atom. The van der Waals surface area contributed by atoms with E-state index >= 15 is 0 Å². The topological polar surface area (TPSA) is 82.2 Å². The van der Waals surface area contributed by atoms with Crippen molar-refractivity contribution in [2.75, 3.05) is 18.5 Å². The lowest BCUT2D eigenvalue weighted by molar-refractivity contribution is -0.115. The first-order valence-electron chi connectivity index (χ1n) is 7.48. The zero-order chi connectivity index (χ0) is 17.7. The minimum absolute atomic E-state index is 0.0180. The second-order valence-electron chi connectivity index (χ2n) is 5.26. The van der Waals surface area contributed by atoms with Crippen LogP contribution in [0.2, 0.25) is 0 Å². The maximum absolute atomic E-state index is 12.8. The summed E-state index contributed by atoms with van der Waals surface area (Å²) in [5.74, 6) is 0.356. The van der Waals surface area contributed by atoms with E-state index in [1.807, 2.05) is 0 Å². The van der Waals surface area contributed by atoms with E-state index < -0.39 is 6.55 Å². The quantitative estimate of drug-likeness (QED) is 0.812. The number of nitrogens with two attached hydrogens (primary N) is 1. The summed E-state index contributed by atoms with van der Waals surface area (Å²) in [6.45, 7) is 1.25. The SMILES string of the molecule is Cc1nn(C(F)F)c(C)c1CC(=O)Nc1ccc(OCCN)cc1. The number of carbonyl (C=O) groups is 1. The average Bonchev–Trinajstić information content (AvgIpc) is 2.82. The number of rotatable bonds is 7. The van der Waals surface area contributed by atoms with Crippen LogP contribution in [0.4, 0.5) is 14.5 Å². The van der Waals surface area contributed by atoms with Gasteiger partial charge in [0.25, 0.3) is 0 Å². The first kappa shape index (κ1) is 17.9. The Morgan fingerprint density at radius 2 is 2.00 bits per heavy atom. The highest BCUT2D eigenvalue weighted by Crippen LogP contribution is 2.21. The van der Waals surface area contributed by atoms with E-state index in [4.69, 9.17) is 10.5 Å². The molecule has 0 atom stereocenters. The zero-order valence-corrected chi connectivity index (χ0v) is 13.6. The molecule has 0 bridgehead atoms. The molecule has 2 aromatic rings. The van der Waals surface area contributed by atoms with Gasteiger partial charge in [0.05, 0.1) is 12.1 Å². The number of nitrogens with zero attached hydrogens (tertiary/aromatic N) is 2. The number of amides is 1. The molecule has 0 fully saturated rings. The third-order valence-electron chi connectivity index (χ3n) is 3.52. The molecular formula is C16H20F2N4O2. The number of aromatic nitrogens is 2. The number of benzene rings is 1. The molecule has 130 valence electrons. The summed E-state index contributed by atoms with van der Waals surface area (Å²) >= 11 is 0. The van der Waals surface area contributed by atoms with Crippen molar-refractivity contribution in [3.8, 4) is 5.75 Å². The predicted octanol–water partition coefficient (Wildman–Crippen LogP) is 2.41. The summed E-state index contributed by atoms with van der Waals surface area (Å²) in [5, 5.41) is 6.49. The van der Waals surface area contributed by atoms with E-state index in [2.05, 4.69) is 10.4 Å². The van der Waals surface area contributed by atoms with E-state index in [0.717, 1.165) is 0 Å². The van der Waals surface area contributed by atoms with Gasteiger partial charge in [-0.25, -0.2) is 4.68 Å². The molecule has 3 N–H and O–H groups in total. The van der Waals surface area contributed by atoms with Crippen LogP contribution >= 0.6 is 0 Å². The fraction of sp³-hybridized carbons (Fsp3) is 0.375. The Kier molecular flexibility index (Phi) is 5.86. The molecule has 1 aromatic carbocycles. The Bertz CT molecular complexity index is 699. The van der Waals surface area contributed by atoms with Gasteiger partial charge in [-0.15, -0.1) is 0 Å². The van der Waals surface area contributed by atoms with Gasteiger partial charge in [-0.05, 0) is 38.1 Å². The van der Waals surface area contributed by atoms with Crippen LogP contribution in [0, 0.1) is 13.8 Å². The number of carbonyl (C=O) groups excluding carboxylic acids is 1. The van der Waals surface area contributed by atoms with E-state index in [1.54, 1.807) is 31.2 Å². The Morgan fingerprint density at radius 3 is 2.54 bits per heavy atom. The number of hydrogen-bond acceptors (Lipinski definition) is 4. The highest BCUT2D eigenvalue weighted by Gasteiger charge is 2.19. The number of ether oxygens (including phenoxy) is 1. The Balaban J connectivity index is 2.01. The molecule has 0 saturated carbocycles. The molecule has 0 unspecified atom stereocenters. The van der Waals surface area contributed by atoms with E-state index in [-0.39, 0.29) is 12.3 Å². The maximum atomic E-state index is 12.8. The van der Waals surface area contributed by atoms with Crippen molar-refractivity contribution in [2.45, 2.75) is 26.8 Å². The van der Waals surface area contributed by atoms with Crippen LogP contribution in [-0.2, 0) is 11.2 Å². The molecule has 0 aliphatic heterocycles. The standard InChI is InChI=1S/C16H20F2N4O2/c1-10-14(11(2)22(21-10)16(17)18)9-15(23)20-12-3-5-13(6-4-12)24-8-7-19/h3-6,16H,7-9,19H2,1-2H3,(H,20,23). The van der Waals surface area contributed by atoms with Crippen molar-refractivity contribution in [1.29, 1.82) is 0 Å². The van der Waals surface area contributed by atoms with Gasteiger partial charge in [0, 0.05) is 23.5 Å². The summed E-state index contributed by atoms with van der Waals surface area (Å²) < 4.78 is 31.6. The van der Waals surface area contributed by atoms with Crippen molar-refractivity contribution in [3.63, 3.8) is 0 Å². The summed E-state index contributed by atoms with van der Waals surface area (Å²) in [6.07, 6.45) is -0.0180. The molecule has 0 saturated heterocycles. The van der Waals surface area contributed by atoms with Gasteiger partial charge in [0.15, 0.2) is 0 Å². The second-order valence-corrected chi connectivity index (χ2v) is 5.26. The lowest BCUT2D eigenvalue weighted by atomic mass is 10.1.